The molecule has 1 fully saturated rings. The normalized spacial score (nSPS) is 15.9. The van der Waals surface area contributed by atoms with Gasteiger partial charge in [-0.1, -0.05) is 19.1 Å². The first kappa shape index (κ1) is 16.0. The second-order valence-electron chi connectivity index (χ2n) is 5.84. The van der Waals surface area contributed by atoms with Crippen molar-refractivity contribution >= 4 is 5.91 Å². The molecule has 1 aromatic carbocycles. The van der Waals surface area contributed by atoms with Crippen LogP contribution in [0.15, 0.2) is 24.3 Å². The third-order valence-electron chi connectivity index (χ3n) is 4.03. The van der Waals surface area contributed by atoms with Gasteiger partial charge in [0, 0.05) is 13.1 Å². The molecule has 1 aromatic rings. The van der Waals surface area contributed by atoms with Crippen molar-refractivity contribution in [2.75, 3.05) is 26.2 Å². The summed E-state index contributed by atoms with van der Waals surface area (Å²) < 4.78 is 13.2. The minimum atomic E-state index is -0.277. The topological polar surface area (TPSA) is 32.3 Å². The minimum absolute atomic E-state index is 0.112. The lowest BCUT2D eigenvalue weighted by molar-refractivity contribution is -0.131. The van der Waals surface area contributed by atoms with E-state index in [1.807, 2.05) is 11.0 Å². The van der Waals surface area contributed by atoms with Crippen LogP contribution in [0.25, 0.3) is 0 Å². The van der Waals surface area contributed by atoms with Crippen LogP contribution >= 0.6 is 0 Å². The Morgan fingerprint density at radius 2 is 2.14 bits per heavy atom. The maximum Gasteiger partial charge on any atom is 0.227 e. The van der Waals surface area contributed by atoms with Gasteiger partial charge in [-0.3, -0.25) is 4.79 Å². The van der Waals surface area contributed by atoms with Crippen molar-refractivity contribution in [2.24, 2.45) is 5.92 Å². The molecular formula is C17H25FN2O. The highest BCUT2D eigenvalue weighted by Gasteiger charge is 2.20. The predicted octanol–water partition coefficient (Wildman–Crippen LogP) is 2.61. The fraction of sp³-hybridized carbons (Fsp3) is 0.588. The molecule has 0 aliphatic carbocycles. The second kappa shape index (κ2) is 8.13. The Hall–Kier alpha value is -1.42. The number of nitrogens with one attached hydrogen (secondary N) is 1. The molecule has 0 radical (unpaired) electrons. The largest absolute Gasteiger partial charge is 0.342 e. The second-order valence-corrected chi connectivity index (χ2v) is 5.84. The predicted molar refractivity (Wildman–Crippen MR) is 82.6 cm³/mol. The summed E-state index contributed by atoms with van der Waals surface area (Å²) in [5.41, 5.74) is 0.756. The zero-order valence-electron chi connectivity index (χ0n) is 12.8. The summed E-state index contributed by atoms with van der Waals surface area (Å²) in [4.78, 5) is 14.4. The fourth-order valence-electron chi connectivity index (χ4n) is 2.90. The van der Waals surface area contributed by atoms with Gasteiger partial charge in [0.05, 0.1) is 6.42 Å². The summed E-state index contributed by atoms with van der Waals surface area (Å²) in [7, 11) is 0. The van der Waals surface area contributed by atoms with E-state index in [0.717, 1.165) is 51.0 Å². The van der Waals surface area contributed by atoms with Gasteiger partial charge >= 0.3 is 0 Å². The SMILES string of the molecule is CCCN(CC1CCNCC1)C(=O)Cc1cccc(F)c1. The molecular weight excluding hydrogens is 267 g/mol. The Bertz CT molecular complexity index is 458. The molecule has 1 N–H and O–H groups in total. The summed E-state index contributed by atoms with van der Waals surface area (Å²) in [6, 6.07) is 6.34. The Morgan fingerprint density at radius 3 is 2.81 bits per heavy atom. The van der Waals surface area contributed by atoms with E-state index in [1.54, 1.807) is 6.07 Å². The molecule has 1 heterocycles. The van der Waals surface area contributed by atoms with Crippen molar-refractivity contribution in [3.63, 3.8) is 0 Å². The van der Waals surface area contributed by atoms with Crippen molar-refractivity contribution in [1.29, 1.82) is 0 Å². The van der Waals surface area contributed by atoms with Crippen LogP contribution in [0.1, 0.15) is 31.7 Å². The van der Waals surface area contributed by atoms with Crippen LogP contribution < -0.4 is 5.32 Å². The van der Waals surface area contributed by atoms with E-state index in [9.17, 15) is 9.18 Å². The molecule has 116 valence electrons. The third kappa shape index (κ3) is 5.12. The number of piperidine rings is 1. The average molecular weight is 292 g/mol. The van der Waals surface area contributed by atoms with Gasteiger partial charge in [-0.15, -0.1) is 0 Å². The molecule has 2 rings (SSSR count). The number of hydrogen-bond donors (Lipinski definition) is 1. The quantitative estimate of drug-likeness (QED) is 0.874. The van der Waals surface area contributed by atoms with Gasteiger partial charge in [0.1, 0.15) is 5.82 Å². The van der Waals surface area contributed by atoms with E-state index in [1.165, 1.54) is 12.1 Å². The van der Waals surface area contributed by atoms with Crippen molar-refractivity contribution in [2.45, 2.75) is 32.6 Å². The molecule has 1 amide bonds. The molecule has 1 saturated heterocycles. The molecule has 0 bridgehead atoms. The lowest BCUT2D eigenvalue weighted by atomic mass is 9.97. The first-order valence-electron chi connectivity index (χ1n) is 7.92. The maximum absolute atomic E-state index is 13.2. The summed E-state index contributed by atoms with van der Waals surface area (Å²) in [6.45, 7) is 5.80. The van der Waals surface area contributed by atoms with E-state index < -0.39 is 0 Å². The molecule has 0 atom stereocenters. The molecule has 1 aliphatic heterocycles. The van der Waals surface area contributed by atoms with Crippen molar-refractivity contribution in [1.82, 2.24) is 10.2 Å². The minimum Gasteiger partial charge on any atom is -0.342 e. The Labute approximate surface area is 126 Å². The van der Waals surface area contributed by atoms with E-state index in [-0.39, 0.29) is 11.7 Å². The Morgan fingerprint density at radius 1 is 1.38 bits per heavy atom. The van der Waals surface area contributed by atoms with Crippen molar-refractivity contribution in [3.05, 3.63) is 35.6 Å². The number of carbonyl (C=O) groups is 1. The number of nitrogens with zero attached hydrogens (tertiary/aromatic N) is 1. The Kier molecular flexibility index (Phi) is 6.18. The number of hydrogen-bond acceptors (Lipinski definition) is 2. The van der Waals surface area contributed by atoms with Gasteiger partial charge in [-0.25, -0.2) is 4.39 Å². The molecule has 4 heteroatoms. The highest BCUT2D eigenvalue weighted by Crippen LogP contribution is 2.15. The molecule has 0 saturated carbocycles. The maximum atomic E-state index is 13.2. The van der Waals surface area contributed by atoms with Gasteiger partial charge in [-0.05, 0) is 56.0 Å². The molecule has 3 nitrogen and oxygen atoms in total. The lowest BCUT2D eigenvalue weighted by Gasteiger charge is -2.30. The number of rotatable bonds is 6. The highest BCUT2D eigenvalue weighted by molar-refractivity contribution is 5.78. The molecule has 21 heavy (non-hydrogen) atoms. The highest BCUT2D eigenvalue weighted by atomic mass is 19.1. The summed E-state index contributed by atoms with van der Waals surface area (Å²) in [5, 5.41) is 3.35. The Balaban J connectivity index is 1.94. The van der Waals surface area contributed by atoms with E-state index in [2.05, 4.69) is 12.2 Å². The van der Waals surface area contributed by atoms with Gasteiger partial charge in [0.15, 0.2) is 0 Å². The van der Waals surface area contributed by atoms with Gasteiger partial charge in [0.2, 0.25) is 5.91 Å². The molecule has 0 aromatic heterocycles. The van der Waals surface area contributed by atoms with Crippen LogP contribution in [-0.4, -0.2) is 37.0 Å². The zero-order valence-corrected chi connectivity index (χ0v) is 12.8. The first-order chi connectivity index (χ1) is 10.2. The van der Waals surface area contributed by atoms with Crippen LogP contribution in [0.5, 0.6) is 0 Å². The van der Waals surface area contributed by atoms with Crippen LogP contribution in [0, 0.1) is 11.7 Å². The van der Waals surface area contributed by atoms with Crippen LogP contribution in [0.3, 0.4) is 0 Å². The summed E-state index contributed by atoms with van der Waals surface area (Å²) in [5.74, 6) is 0.427. The van der Waals surface area contributed by atoms with E-state index >= 15 is 0 Å². The average Bonchev–Trinajstić information content (AvgIpc) is 2.48. The van der Waals surface area contributed by atoms with Gasteiger partial charge in [0.25, 0.3) is 0 Å². The van der Waals surface area contributed by atoms with Crippen LogP contribution in [0.4, 0.5) is 4.39 Å². The van der Waals surface area contributed by atoms with Gasteiger partial charge in [-0.2, -0.15) is 0 Å². The van der Waals surface area contributed by atoms with Crippen LogP contribution in [0.2, 0.25) is 0 Å². The lowest BCUT2D eigenvalue weighted by Crippen LogP contribution is -2.40. The first-order valence-corrected chi connectivity index (χ1v) is 7.92. The number of carbonyl (C=O) groups excluding carboxylic acids is 1. The smallest absolute Gasteiger partial charge is 0.227 e. The van der Waals surface area contributed by atoms with Gasteiger partial charge < -0.3 is 10.2 Å². The standard InChI is InChI=1S/C17H25FN2O/c1-2-10-20(13-14-6-8-19-9-7-14)17(21)12-15-4-3-5-16(18)11-15/h3-5,11,14,19H,2,6-10,12-13H2,1H3. The third-order valence-corrected chi connectivity index (χ3v) is 4.03. The number of halogens is 1. The van der Waals surface area contributed by atoms with Crippen molar-refractivity contribution in [3.8, 4) is 0 Å². The number of benzene rings is 1. The fourth-order valence-corrected chi connectivity index (χ4v) is 2.90. The molecule has 1 aliphatic rings. The number of amides is 1. The van der Waals surface area contributed by atoms with E-state index in [4.69, 9.17) is 0 Å². The summed E-state index contributed by atoms with van der Waals surface area (Å²) in [6.07, 6.45) is 3.52. The van der Waals surface area contributed by atoms with Crippen LogP contribution in [-0.2, 0) is 11.2 Å². The van der Waals surface area contributed by atoms with Crippen molar-refractivity contribution < 1.29 is 9.18 Å². The summed E-state index contributed by atoms with van der Waals surface area (Å²) >= 11 is 0. The van der Waals surface area contributed by atoms with E-state index in [0.29, 0.717) is 12.3 Å². The molecule has 0 unspecified atom stereocenters. The zero-order chi connectivity index (χ0) is 15.1. The monoisotopic (exact) mass is 292 g/mol. The molecule has 0 spiro atoms.